The van der Waals surface area contributed by atoms with Gasteiger partial charge in [0.1, 0.15) is 17.2 Å². The number of anilines is 1. The Morgan fingerprint density at radius 3 is 2.58 bits per heavy atom. The third kappa shape index (κ3) is 5.08. The van der Waals surface area contributed by atoms with Crippen molar-refractivity contribution in [2.45, 2.75) is 48.8 Å². The van der Waals surface area contributed by atoms with Crippen molar-refractivity contribution in [3.63, 3.8) is 0 Å². The van der Waals surface area contributed by atoms with Gasteiger partial charge in [0.05, 0.1) is 22.1 Å². The van der Waals surface area contributed by atoms with Crippen LogP contribution in [0.4, 0.5) is 5.69 Å². The largest absolute Gasteiger partial charge is 0.324 e. The molecule has 2 atom stereocenters. The number of thioether (sulfide) groups is 1. The highest BCUT2D eigenvalue weighted by atomic mass is 32.2. The van der Waals surface area contributed by atoms with E-state index in [1.54, 1.807) is 24.3 Å². The zero-order valence-electron chi connectivity index (χ0n) is 18.4. The number of nitrogens with one attached hydrogen (secondary N) is 1. The molecular formula is C27H24N4OS. The quantitative estimate of drug-likeness (QED) is 0.491. The first-order valence-electron chi connectivity index (χ1n) is 11.1. The SMILES string of the molecule is CCC(Sc1nc2c(cc1C#N)CC(c1ccccc1)CC2)C(=O)Nc1ccccc1C#N. The van der Waals surface area contributed by atoms with Gasteiger partial charge in [-0.2, -0.15) is 10.5 Å². The van der Waals surface area contributed by atoms with Gasteiger partial charge in [0.25, 0.3) is 0 Å². The lowest BCUT2D eigenvalue weighted by atomic mass is 9.82. The minimum absolute atomic E-state index is 0.197. The first-order chi connectivity index (χ1) is 16.1. The van der Waals surface area contributed by atoms with Crippen LogP contribution < -0.4 is 5.32 Å². The van der Waals surface area contributed by atoms with Gasteiger partial charge in [0.15, 0.2) is 0 Å². The number of amides is 1. The smallest absolute Gasteiger partial charge is 0.237 e. The van der Waals surface area contributed by atoms with Gasteiger partial charge in [-0.3, -0.25) is 4.79 Å². The molecule has 0 bridgehead atoms. The molecule has 1 N–H and O–H groups in total. The first-order valence-corrected chi connectivity index (χ1v) is 11.9. The fourth-order valence-electron chi connectivity index (χ4n) is 4.19. The van der Waals surface area contributed by atoms with Gasteiger partial charge < -0.3 is 5.32 Å². The molecule has 0 fully saturated rings. The lowest BCUT2D eigenvalue weighted by Crippen LogP contribution is -2.25. The summed E-state index contributed by atoms with van der Waals surface area (Å²) in [5.74, 6) is 0.234. The van der Waals surface area contributed by atoms with Gasteiger partial charge >= 0.3 is 0 Å². The lowest BCUT2D eigenvalue weighted by molar-refractivity contribution is -0.115. The number of carbonyl (C=O) groups is 1. The van der Waals surface area contributed by atoms with E-state index in [2.05, 4.69) is 41.7 Å². The second kappa shape index (κ2) is 10.3. The Morgan fingerprint density at radius 1 is 1.12 bits per heavy atom. The van der Waals surface area contributed by atoms with E-state index >= 15 is 0 Å². The van der Waals surface area contributed by atoms with E-state index < -0.39 is 5.25 Å². The molecule has 0 saturated carbocycles. The van der Waals surface area contributed by atoms with Crippen molar-refractivity contribution in [3.8, 4) is 12.1 Å². The summed E-state index contributed by atoms with van der Waals surface area (Å²) in [5.41, 5.74) is 4.89. The van der Waals surface area contributed by atoms with Crippen molar-refractivity contribution in [1.82, 2.24) is 4.98 Å². The van der Waals surface area contributed by atoms with E-state index in [1.807, 2.05) is 19.1 Å². The van der Waals surface area contributed by atoms with Crippen molar-refractivity contribution in [3.05, 3.63) is 88.6 Å². The molecule has 1 aliphatic carbocycles. The van der Waals surface area contributed by atoms with Crippen molar-refractivity contribution >= 4 is 23.4 Å². The van der Waals surface area contributed by atoms with Crippen molar-refractivity contribution in [2.24, 2.45) is 0 Å². The number of para-hydroxylation sites is 1. The third-order valence-electron chi connectivity index (χ3n) is 5.97. The molecule has 1 heterocycles. The van der Waals surface area contributed by atoms with E-state index in [0.29, 0.717) is 34.2 Å². The summed E-state index contributed by atoms with van der Waals surface area (Å²) in [6, 6.07) is 23.7. The highest BCUT2D eigenvalue weighted by Crippen LogP contribution is 2.36. The minimum Gasteiger partial charge on any atom is -0.324 e. The van der Waals surface area contributed by atoms with Crippen molar-refractivity contribution < 1.29 is 4.79 Å². The minimum atomic E-state index is -0.421. The number of hydrogen-bond acceptors (Lipinski definition) is 5. The maximum atomic E-state index is 13.0. The number of aromatic nitrogens is 1. The van der Waals surface area contributed by atoms with E-state index in [1.165, 1.54) is 17.3 Å². The molecule has 164 valence electrons. The van der Waals surface area contributed by atoms with Crippen LogP contribution in [0.15, 0.2) is 65.7 Å². The Morgan fingerprint density at radius 2 is 1.85 bits per heavy atom. The normalized spacial score (nSPS) is 15.5. The summed E-state index contributed by atoms with van der Waals surface area (Å²) >= 11 is 1.32. The number of pyridine rings is 1. The number of hydrogen-bond donors (Lipinski definition) is 1. The van der Waals surface area contributed by atoms with Crippen LogP contribution in [0.25, 0.3) is 0 Å². The molecule has 1 amide bonds. The molecule has 2 aromatic carbocycles. The van der Waals surface area contributed by atoms with Crippen LogP contribution in [0.1, 0.15) is 53.6 Å². The summed E-state index contributed by atoms with van der Waals surface area (Å²) in [6.07, 6.45) is 3.31. The Balaban J connectivity index is 1.53. The lowest BCUT2D eigenvalue weighted by Gasteiger charge is -2.25. The number of fused-ring (bicyclic) bond motifs is 1. The number of aryl methyl sites for hydroxylation is 1. The third-order valence-corrected chi connectivity index (χ3v) is 7.33. The number of benzene rings is 2. The summed E-state index contributed by atoms with van der Waals surface area (Å²) in [6.45, 7) is 1.93. The number of carbonyl (C=O) groups excluding carboxylic acids is 1. The summed E-state index contributed by atoms with van der Waals surface area (Å²) < 4.78 is 0. The zero-order valence-corrected chi connectivity index (χ0v) is 19.2. The highest BCUT2D eigenvalue weighted by molar-refractivity contribution is 8.00. The van der Waals surface area contributed by atoms with Crippen LogP contribution in [0.3, 0.4) is 0 Å². The molecule has 6 heteroatoms. The van der Waals surface area contributed by atoms with Gasteiger partial charge in [0.2, 0.25) is 5.91 Å². The maximum Gasteiger partial charge on any atom is 0.237 e. The average Bonchev–Trinajstić information content (AvgIpc) is 2.87. The average molecular weight is 453 g/mol. The summed E-state index contributed by atoms with van der Waals surface area (Å²) in [5, 5.41) is 22.1. The van der Waals surface area contributed by atoms with Crippen LogP contribution in [0.5, 0.6) is 0 Å². The van der Waals surface area contributed by atoms with Gasteiger partial charge in [-0.1, -0.05) is 61.2 Å². The molecule has 1 aromatic heterocycles. The molecule has 5 nitrogen and oxygen atoms in total. The number of nitriles is 2. The molecule has 0 aliphatic heterocycles. The molecule has 2 unspecified atom stereocenters. The molecule has 0 radical (unpaired) electrons. The monoisotopic (exact) mass is 452 g/mol. The highest BCUT2D eigenvalue weighted by Gasteiger charge is 2.26. The molecule has 3 aromatic rings. The van der Waals surface area contributed by atoms with E-state index in [0.717, 1.165) is 30.5 Å². The second-order valence-electron chi connectivity index (χ2n) is 8.07. The predicted octanol–water partition coefficient (Wildman–Crippen LogP) is 5.61. The molecular weight excluding hydrogens is 428 g/mol. The Bertz CT molecular complexity index is 1240. The Hall–Kier alpha value is -3.61. The number of nitrogens with zero attached hydrogens (tertiary/aromatic N) is 3. The topological polar surface area (TPSA) is 89.6 Å². The summed E-state index contributed by atoms with van der Waals surface area (Å²) in [4.78, 5) is 17.8. The van der Waals surface area contributed by atoms with Gasteiger partial charge in [-0.15, -0.1) is 0 Å². The summed E-state index contributed by atoms with van der Waals surface area (Å²) in [7, 11) is 0. The zero-order chi connectivity index (χ0) is 23.2. The second-order valence-corrected chi connectivity index (χ2v) is 9.26. The van der Waals surface area contributed by atoms with Crippen LogP contribution >= 0.6 is 11.8 Å². The van der Waals surface area contributed by atoms with Gasteiger partial charge in [0, 0.05) is 5.69 Å². The fourth-order valence-corrected chi connectivity index (χ4v) is 5.18. The number of rotatable bonds is 6. The molecule has 4 rings (SSSR count). The van der Waals surface area contributed by atoms with E-state index in [9.17, 15) is 15.3 Å². The van der Waals surface area contributed by atoms with Crippen LogP contribution in [0, 0.1) is 22.7 Å². The van der Waals surface area contributed by atoms with E-state index in [4.69, 9.17) is 4.98 Å². The van der Waals surface area contributed by atoms with Crippen LogP contribution in [0.2, 0.25) is 0 Å². The fraction of sp³-hybridized carbons (Fsp3) is 0.259. The molecule has 0 saturated heterocycles. The van der Waals surface area contributed by atoms with Crippen molar-refractivity contribution in [1.29, 1.82) is 10.5 Å². The molecule has 33 heavy (non-hydrogen) atoms. The van der Waals surface area contributed by atoms with Crippen LogP contribution in [-0.4, -0.2) is 16.1 Å². The standard InChI is InChI=1S/C27H24N4OS/c1-2-25(26(32)30-23-11-7-6-10-20(23)16-28)33-27-22(17-29)15-21-14-19(12-13-24(21)31-27)18-8-4-3-5-9-18/h3-11,15,19,25H,2,12-14H2,1H3,(H,30,32). The molecule has 0 spiro atoms. The van der Waals surface area contributed by atoms with Gasteiger partial charge in [-0.05, 0) is 60.9 Å². The maximum absolute atomic E-state index is 13.0. The predicted molar refractivity (Wildman–Crippen MR) is 130 cm³/mol. The van der Waals surface area contributed by atoms with E-state index in [-0.39, 0.29) is 5.91 Å². The Labute approximate surface area is 198 Å². The molecule has 1 aliphatic rings. The first kappa shape index (κ1) is 22.6. The van der Waals surface area contributed by atoms with Gasteiger partial charge in [-0.25, -0.2) is 4.98 Å². The van der Waals surface area contributed by atoms with Crippen molar-refractivity contribution in [2.75, 3.05) is 5.32 Å². The Kier molecular flexibility index (Phi) is 7.07. The van der Waals surface area contributed by atoms with Crippen LogP contribution in [-0.2, 0) is 17.6 Å².